The number of rotatable bonds is 4. The number of ketones is 1. The van der Waals surface area contributed by atoms with Crippen molar-refractivity contribution in [2.24, 2.45) is 11.8 Å². The molecule has 0 heterocycles. The van der Waals surface area contributed by atoms with E-state index >= 15 is 0 Å². The van der Waals surface area contributed by atoms with Gasteiger partial charge in [0.2, 0.25) is 0 Å². The van der Waals surface area contributed by atoms with Crippen molar-refractivity contribution < 1.29 is 29.0 Å². The molecular formula is C26H38O6. The van der Waals surface area contributed by atoms with Crippen LogP contribution in [0.1, 0.15) is 91.7 Å². The lowest BCUT2D eigenvalue weighted by Crippen LogP contribution is -2.56. The molecule has 0 spiro atoms. The van der Waals surface area contributed by atoms with Gasteiger partial charge >= 0.3 is 11.9 Å². The van der Waals surface area contributed by atoms with E-state index in [9.17, 15) is 19.5 Å². The Morgan fingerprint density at radius 1 is 0.969 bits per heavy atom. The van der Waals surface area contributed by atoms with Crippen LogP contribution in [-0.4, -0.2) is 39.6 Å². The number of carbonyl (C=O) groups is 3. The van der Waals surface area contributed by atoms with E-state index in [0.717, 1.165) is 5.56 Å². The quantitative estimate of drug-likeness (QED) is 0.540. The minimum Gasteiger partial charge on any atom is -0.460 e. The van der Waals surface area contributed by atoms with Crippen LogP contribution in [0.2, 0.25) is 0 Å². The van der Waals surface area contributed by atoms with Crippen LogP contribution in [0.25, 0.3) is 0 Å². The fourth-order valence-corrected chi connectivity index (χ4v) is 4.25. The first kappa shape index (κ1) is 26.0. The molecule has 1 saturated carbocycles. The fourth-order valence-electron chi connectivity index (χ4n) is 4.25. The first-order valence-electron chi connectivity index (χ1n) is 11.2. The Balaban J connectivity index is 2.64. The van der Waals surface area contributed by atoms with Crippen LogP contribution >= 0.6 is 0 Å². The third-order valence-corrected chi connectivity index (χ3v) is 5.58. The van der Waals surface area contributed by atoms with Crippen LogP contribution in [0.5, 0.6) is 0 Å². The number of Topliss-reactive ketones (excluding diaryl/α,β-unsaturated/α-hetero) is 1. The molecule has 0 unspecified atom stereocenters. The van der Waals surface area contributed by atoms with Crippen molar-refractivity contribution in [3.05, 3.63) is 35.4 Å². The SMILES string of the molecule is CC(C)c1ccc([C@H]2[C@H](C(=O)OC(C)(C)C)C(=O)C[C@@](C)(O)[C@@H]2C(=O)OC(C)(C)C)cc1. The van der Waals surface area contributed by atoms with Gasteiger partial charge in [-0.25, -0.2) is 0 Å². The highest BCUT2D eigenvalue weighted by atomic mass is 16.6. The van der Waals surface area contributed by atoms with Crippen molar-refractivity contribution in [2.45, 2.75) is 97.4 Å². The summed E-state index contributed by atoms with van der Waals surface area (Å²) in [5, 5.41) is 11.2. The number of aliphatic hydroxyl groups is 1. The van der Waals surface area contributed by atoms with E-state index in [1.165, 1.54) is 6.92 Å². The Morgan fingerprint density at radius 2 is 1.44 bits per heavy atom. The van der Waals surface area contributed by atoms with Crippen molar-refractivity contribution in [3.63, 3.8) is 0 Å². The second-order valence-electron chi connectivity index (χ2n) is 11.4. The molecule has 2 rings (SSSR count). The Morgan fingerprint density at radius 3 is 1.88 bits per heavy atom. The molecule has 178 valence electrons. The summed E-state index contributed by atoms with van der Waals surface area (Å²) in [6, 6.07) is 7.49. The Hall–Kier alpha value is -2.21. The highest BCUT2D eigenvalue weighted by Crippen LogP contribution is 2.47. The third-order valence-electron chi connectivity index (χ3n) is 5.58. The van der Waals surface area contributed by atoms with E-state index in [4.69, 9.17) is 9.47 Å². The van der Waals surface area contributed by atoms with Gasteiger partial charge in [0.05, 0.1) is 11.5 Å². The molecule has 0 amide bonds. The molecule has 0 bridgehead atoms. The molecule has 1 N–H and O–H groups in total. The van der Waals surface area contributed by atoms with Gasteiger partial charge < -0.3 is 14.6 Å². The second kappa shape index (κ2) is 8.97. The van der Waals surface area contributed by atoms with Gasteiger partial charge in [-0.15, -0.1) is 0 Å². The maximum Gasteiger partial charge on any atom is 0.317 e. The molecule has 1 fully saturated rings. The number of esters is 2. The summed E-state index contributed by atoms with van der Waals surface area (Å²) in [4.78, 5) is 39.6. The van der Waals surface area contributed by atoms with Crippen molar-refractivity contribution in [2.75, 3.05) is 0 Å². The molecule has 4 atom stereocenters. The lowest BCUT2D eigenvalue weighted by molar-refractivity contribution is -0.182. The van der Waals surface area contributed by atoms with E-state index in [-0.39, 0.29) is 6.42 Å². The highest BCUT2D eigenvalue weighted by molar-refractivity contribution is 6.03. The Bertz CT molecular complexity index is 852. The second-order valence-corrected chi connectivity index (χ2v) is 11.4. The topological polar surface area (TPSA) is 89.9 Å². The minimum absolute atomic E-state index is 0.295. The van der Waals surface area contributed by atoms with E-state index < -0.39 is 52.3 Å². The van der Waals surface area contributed by atoms with Gasteiger partial charge in [0.15, 0.2) is 5.78 Å². The van der Waals surface area contributed by atoms with Gasteiger partial charge in [-0.2, -0.15) is 0 Å². The van der Waals surface area contributed by atoms with Crippen LogP contribution in [-0.2, 0) is 23.9 Å². The average molecular weight is 447 g/mol. The van der Waals surface area contributed by atoms with E-state index in [1.807, 2.05) is 24.3 Å². The van der Waals surface area contributed by atoms with Crippen molar-refractivity contribution in [1.29, 1.82) is 0 Å². The number of carbonyl (C=O) groups excluding carboxylic acids is 3. The zero-order valence-electron chi connectivity index (χ0n) is 20.8. The molecule has 1 aliphatic rings. The number of hydrogen-bond acceptors (Lipinski definition) is 6. The molecule has 0 radical (unpaired) electrons. The first-order chi connectivity index (χ1) is 14.4. The molecule has 6 nitrogen and oxygen atoms in total. The lowest BCUT2D eigenvalue weighted by atomic mass is 9.61. The first-order valence-corrected chi connectivity index (χ1v) is 11.2. The molecular weight excluding hydrogens is 408 g/mol. The Labute approximate surface area is 191 Å². The molecule has 1 aromatic carbocycles. The molecule has 6 heteroatoms. The summed E-state index contributed by atoms with van der Waals surface area (Å²) in [7, 11) is 0. The third kappa shape index (κ3) is 6.18. The molecule has 0 saturated heterocycles. The van der Waals surface area contributed by atoms with Gasteiger partial charge in [-0.05, 0) is 65.5 Å². The molecule has 1 aromatic rings. The molecule has 0 aliphatic heterocycles. The zero-order valence-corrected chi connectivity index (χ0v) is 20.8. The Kier molecular flexibility index (Phi) is 7.30. The maximum absolute atomic E-state index is 13.3. The molecule has 32 heavy (non-hydrogen) atoms. The normalized spacial score (nSPS) is 26.7. The van der Waals surface area contributed by atoms with Gasteiger partial charge in [0, 0.05) is 12.3 Å². The standard InChI is InChI=1S/C26H38O6/c1-15(2)16-10-12-17(13-11-16)19-20(22(28)31-24(3,4)5)18(27)14-26(9,30)21(19)23(29)32-25(6,7)8/h10-13,15,19-21,30H,14H2,1-9H3/t19-,20+,21-,26+/m0/s1. The van der Waals surface area contributed by atoms with Gasteiger partial charge in [0.25, 0.3) is 0 Å². The van der Waals surface area contributed by atoms with Crippen LogP contribution < -0.4 is 0 Å². The zero-order chi connectivity index (χ0) is 24.6. The van der Waals surface area contributed by atoms with Crippen LogP contribution in [0.3, 0.4) is 0 Å². The van der Waals surface area contributed by atoms with E-state index in [0.29, 0.717) is 11.5 Å². The molecule has 0 aromatic heterocycles. The van der Waals surface area contributed by atoms with Crippen LogP contribution in [0, 0.1) is 11.8 Å². The predicted octanol–water partition coefficient (Wildman–Crippen LogP) is 4.53. The van der Waals surface area contributed by atoms with E-state index in [2.05, 4.69) is 13.8 Å². The van der Waals surface area contributed by atoms with Gasteiger partial charge in [-0.1, -0.05) is 38.1 Å². The minimum atomic E-state index is -1.67. The summed E-state index contributed by atoms with van der Waals surface area (Å²) in [5.41, 5.74) is -1.55. The van der Waals surface area contributed by atoms with Crippen molar-refractivity contribution in [1.82, 2.24) is 0 Å². The van der Waals surface area contributed by atoms with Crippen molar-refractivity contribution in [3.8, 4) is 0 Å². The largest absolute Gasteiger partial charge is 0.460 e. The maximum atomic E-state index is 13.3. The smallest absolute Gasteiger partial charge is 0.317 e. The number of benzene rings is 1. The highest BCUT2D eigenvalue weighted by Gasteiger charge is 2.57. The fraction of sp³-hybridized carbons (Fsp3) is 0.654. The monoisotopic (exact) mass is 446 g/mol. The number of ether oxygens (including phenoxy) is 2. The molecule has 1 aliphatic carbocycles. The lowest BCUT2D eigenvalue weighted by Gasteiger charge is -2.44. The van der Waals surface area contributed by atoms with Gasteiger partial charge in [0.1, 0.15) is 17.1 Å². The predicted molar refractivity (Wildman–Crippen MR) is 122 cm³/mol. The van der Waals surface area contributed by atoms with Crippen LogP contribution in [0.15, 0.2) is 24.3 Å². The van der Waals surface area contributed by atoms with Crippen molar-refractivity contribution >= 4 is 17.7 Å². The van der Waals surface area contributed by atoms with E-state index in [1.54, 1.807) is 41.5 Å². The summed E-state index contributed by atoms with van der Waals surface area (Å²) in [6.07, 6.45) is -0.332. The summed E-state index contributed by atoms with van der Waals surface area (Å²) in [5.74, 6) is -4.70. The summed E-state index contributed by atoms with van der Waals surface area (Å²) < 4.78 is 11.2. The number of hydrogen-bond donors (Lipinski definition) is 1. The van der Waals surface area contributed by atoms with Crippen LogP contribution in [0.4, 0.5) is 0 Å². The van der Waals surface area contributed by atoms with Gasteiger partial charge in [-0.3, -0.25) is 14.4 Å². The average Bonchev–Trinajstić information content (AvgIpc) is 2.56. The summed E-state index contributed by atoms with van der Waals surface area (Å²) >= 11 is 0. The summed E-state index contributed by atoms with van der Waals surface area (Å²) in [6.45, 7) is 16.0.